The summed E-state index contributed by atoms with van der Waals surface area (Å²) in [7, 11) is 0. The fourth-order valence-electron chi connectivity index (χ4n) is 2.72. The Hall–Kier alpha value is -3.28. The van der Waals surface area contributed by atoms with Crippen LogP contribution in [0.1, 0.15) is 47.9 Å². The predicted octanol–water partition coefficient (Wildman–Crippen LogP) is 2.56. The molecule has 1 aliphatic heterocycles. The summed E-state index contributed by atoms with van der Waals surface area (Å²) in [4.78, 5) is 46.7. The topological polar surface area (TPSA) is 86.7 Å². The zero-order valence-corrected chi connectivity index (χ0v) is 11.6. The molecule has 2 aromatic rings. The van der Waals surface area contributed by atoms with Gasteiger partial charge in [-0.05, 0) is 24.3 Å². The monoisotopic (exact) mass is 308 g/mol. The summed E-state index contributed by atoms with van der Waals surface area (Å²) in [5.41, 5.74) is 0.870. The number of Topliss-reactive ketones (excluding diaryl/α,β-unsaturated/α-hetero) is 2. The van der Waals surface area contributed by atoms with Crippen molar-refractivity contribution >= 4 is 23.5 Å². The van der Waals surface area contributed by atoms with Crippen molar-refractivity contribution in [2.75, 3.05) is 0 Å². The van der Waals surface area contributed by atoms with Gasteiger partial charge in [-0.2, -0.15) is 0 Å². The Balaban J connectivity index is 1.75. The Morgan fingerprint density at radius 3 is 2.43 bits per heavy atom. The second kappa shape index (κ2) is 4.61. The third-order valence-corrected chi connectivity index (χ3v) is 3.77. The van der Waals surface area contributed by atoms with E-state index in [2.05, 4.69) is 4.74 Å². The summed E-state index contributed by atoms with van der Waals surface area (Å²) in [6.45, 7) is 0. The zero-order valence-electron chi connectivity index (χ0n) is 11.6. The third-order valence-electron chi connectivity index (χ3n) is 3.77. The van der Waals surface area contributed by atoms with Crippen molar-refractivity contribution in [2.45, 2.75) is 6.42 Å². The molecule has 0 radical (unpaired) electrons. The molecule has 0 fully saturated rings. The maximum atomic E-state index is 11.9. The first kappa shape index (κ1) is 13.4. The van der Waals surface area contributed by atoms with Crippen LogP contribution in [0.25, 0.3) is 0 Å². The zero-order chi connectivity index (χ0) is 16.1. The fourth-order valence-corrected chi connectivity index (χ4v) is 2.72. The Bertz CT molecular complexity index is 925. The normalized spacial score (nSPS) is 15.5. The van der Waals surface area contributed by atoms with Gasteiger partial charge in [0.05, 0.1) is 23.1 Å². The SMILES string of the molecule is O=C1OC(=O)c2cc(Oc3cccc4c3C(=O)CC4=O)ccc21. The molecule has 0 atom stereocenters. The van der Waals surface area contributed by atoms with Gasteiger partial charge in [-0.3, -0.25) is 9.59 Å². The lowest BCUT2D eigenvalue weighted by Crippen LogP contribution is -1.98. The van der Waals surface area contributed by atoms with E-state index in [-0.39, 0.29) is 46.2 Å². The van der Waals surface area contributed by atoms with Crippen LogP contribution in [-0.2, 0) is 4.74 Å². The van der Waals surface area contributed by atoms with E-state index in [0.29, 0.717) is 5.56 Å². The van der Waals surface area contributed by atoms with E-state index in [4.69, 9.17) is 4.74 Å². The minimum atomic E-state index is -0.736. The highest BCUT2D eigenvalue weighted by Gasteiger charge is 2.32. The standard InChI is InChI=1S/C17H8O6/c18-12-7-13(19)15-10(12)2-1-3-14(15)22-8-4-5-9-11(6-8)17(21)23-16(9)20/h1-6H,7H2. The number of cyclic esters (lactones) is 2. The number of benzene rings is 2. The highest BCUT2D eigenvalue weighted by molar-refractivity contribution is 6.25. The van der Waals surface area contributed by atoms with Crippen molar-refractivity contribution in [2.24, 2.45) is 0 Å². The number of carbonyl (C=O) groups excluding carboxylic acids is 4. The number of hydrogen-bond donors (Lipinski definition) is 0. The van der Waals surface area contributed by atoms with Crippen LogP contribution < -0.4 is 4.74 Å². The summed E-state index contributed by atoms with van der Waals surface area (Å²) in [5.74, 6) is -1.44. The van der Waals surface area contributed by atoms with E-state index in [0.717, 1.165) is 0 Å². The quantitative estimate of drug-likeness (QED) is 0.626. The van der Waals surface area contributed by atoms with Crippen LogP contribution in [0, 0.1) is 0 Å². The molecule has 0 saturated carbocycles. The number of fused-ring (bicyclic) bond motifs is 2. The van der Waals surface area contributed by atoms with Crippen molar-refractivity contribution < 1.29 is 28.7 Å². The summed E-state index contributed by atoms with van der Waals surface area (Å²) in [5, 5.41) is 0. The van der Waals surface area contributed by atoms with Crippen LogP contribution in [0.3, 0.4) is 0 Å². The number of ether oxygens (including phenoxy) is 2. The molecular weight excluding hydrogens is 300 g/mol. The molecular formula is C17H8O6. The molecule has 0 amide bonds. The average Bonchev–Trinajstić information content (AvgIpc) is 2.97. The van der Waals surface area contributed by atoms with Crippen LogP contribution in [0.15, 0.2) is 36.4 Å². The predicted molar refractivity (Wildman–Crippen MR) is 76.0 cm³/mol. The highest BCUT2D eigenvalue weighted by Crippen LogP contribution is 2.34. The molecule has 112 valence electrons. The molecule has 0 saturated heterocycles. The largest absolute Gasteiger partial charge is 0.457 e. The number of hydrogen-bond acceptors (Lipinski definition) is 6. The maximum Gasteiger partial charge on any atom is 0.347 e. The number of carbonyl (C=O) groups is 4. The number of ketones is 2. The molecule has 6 nitrogen and oxygen atoms in total. The van der Waals surface area contributed by atoms with E-state index >= 15 is 0 Å². The second-order valence-corrected chi connectivity index (χ2v) is 5.19. The van der Waals surface area contributed by atoms with Crippen molar-refractivity contribution in [3.8, 4) is 11.5 Å². The Kier molecular flexibility index (Phi) is 2.68. The van der Waals surface area contributed by atoms with Crippen molar-refractivity contribution in [3.05, 3.63) is 58.7 Å². The summed E-state index contributed by atoms with van der Waals surface area (Å²) in [6.07, 6.45) is -0.166. The van der Waals surface area contributed by atoms with E-state index in [1.165, 1.54) is 18.2 Å². The van der Waals surface area contributed by atoms with E-state index in [1.54, 1.807) is 18.2 Å². The number of rotatable bonds is 2. The van der Waals surface area contributed by atoms with Gasteiger partial charge in [-0.1, -0.05) is 12.1 Å². The first-order valence-corrected chi connectivity index (χ1v) is 6.82. The van der Waals surface area contributed by atoms with Gasteiger partial charge in [0.15, 0.2) is 11.6 Å². The minimum absolute atomic E-state index is 0.113. The van der Waals surface area contributed by atoms with Gasteiger partial charge in [0.2, 0.25) is 0 Å². The van der Waals surface area contributed by atoms with E-state index in [9.17, 15) is 19.2 Å². The molecule has 1 heterocycles. The fraction of sp³-hybridized carbons (Fsp3) is 0.0588. The molecule has 0 bridgehead atoms. The van der Waals surface area contributed by atoms with E-state index < -0.39 is 11.9 Å². The van der Waals surface area contributed by atoms with Gasteiger partial charge in [-0.25, -0.2) is 9.59 Å². The summed E-state index contributed by atoms with van der Waals surface area (Å²) in [6, 6.07) is 9.08. The summed E-state index contributed by atoms with van der Waals surface area (Å²) >= 11 is 0. The van der Waals surface area contributed by atoms with Crippen LogP contribution in [0.5, 0.6) is 11.5 Å². The second-order valence-electron chi connectivity index (χ2n) is 5.19. The molecule has 6 heteroatoms. The minimum Gasteiger partial charge on any atom is -0.457 e. The first-order valence-electron chi connectivity index (χ1n) is 6.82. The summed E-state index contributed by atoms with van der Waals surface area (Å²) < 4.78 is 10.2. The Labute approximate surface area is 129 Å². The first-order chi connectivity index (χ1) is 11.0. The van der Waals surface area contributed by atoms with Gasteiger partial charge in [-0.15, -0.1) is 0 Å². The van der Waals surface area contributed by atoms with E-state index in [1.807, 2.05) is 0 Å². The van der Waals surface area contributed by atoms with Crippen molar-refractivity contribution in [3.63, 3.8) is 0 Å². The molecule has 23 heavy (non-hydrogen) atoms. The van der Waals surface area contributed by atoms with Gasteiger partial charge in [0.25, 0.3) is 0 Å². The molecule has 0 unspecified atom stereocenters. The van der Waals surface area contributed by atoms with Crippen LogP contribution >= 0.6 is 0 Å². The number of esters is 2. The molecule has 1 aliphatic carbocycles. The van der Waals surface area contributed by atoms with Crippen molar-refractivity contribution in [1.29, 1.82) is 0 Å². The van der Waals surface area contributed by atoms with Crippen molar-refractivity contribution in [1.82, 2.24) is 0 Å². The third kappa shape index (κ3) is 1.96. The van der Waals surface area contributed by atoms with Gasteiger partial charge < -0.3 is 9.47 Å². The lowest BCUT2D eigenvalue weighted by Gasteiger charge is -2.09. The lowest BCUT2D eigenvalue weighted by molar-refractivity contribution is 0.0443. The molecule has 0 aromatic heterocycles. The molecule has 2 aromatic carbocycles. The Morgan fingerprint density at radius 1 is 0.826 bits per heavy atom. The van der Waals surface area contributed by atoms with Crippen LogP contribution in [0.2, 0.25) is 0 Å². The lowest BCUT2D eigenvalue weighted by atomic mass is 10.1. The Morgan fingerprint density at radius 2 is 1.61 bits per heavy atom. The highest BCUT2D eigenvalue weighted by atomic mass is 16.6. The molecule has 4 rings (SSSR count). The van der Waals surface area contributed by atoms with Crippen LogP contribution in [-0.4, -0.2) is 23.5 Å². The molecule has 2 aliphatic rings. The average molecular weight is 308 g/mol. The van der Waals surface area contributed by atoms with Gasteiger partial charge >= 0.3 is 11.9 Å². The van der Waals surface area contributed by atoms with Crippen LogP contribution in [0.4, 0.5) is 0 Å². The van der Waals surface area contributed by atoms with Gasteiger partial charge in [0, 0.05) is 5.56 Å². The van der Waals surface area contributed by atoms with Gasteiger partial charge in [0.1, 0.15) is 11.5 Å². The maximum absolute atomic E-state index is 11.9. The molecule has 0 spiro atoms. The molecule has 0 N–H and O–H groups in total. The smallest absolute Gasteiger partial charge is 0.347 e.